The number of hydrogen-bond acceptors (Lipinski definition) is 7. The second-order valence-corrected chi connectivity index (χ2v) is 8.66. The standard InChI is InChI=1S/C26H19ClF3N7O2/c27-25-35-22(33-17-4-3-5-18(12-17)39-26(28,29)30)21-23(36-25)37(14-32-21)13-15-8-10-16(11-9-15)24(38)34-20-7-2-1-6-19(20)31/h1-12,14H,13,31H2,(H,34,38)(H,33,35,36). The monoisotopic (exact) mass is 553 g/mol. The van der Waals surface area contributed by atoms with Gasteiger partial charge in [-0.2, -0.15) is 9.97 Å². The summed E-state index contributed by atoms with van der Waals surface area (Å²) in [6, 6.07) is 19.3. The van der Waals surface area contributed by atoms with E-state index in [2.05, 4.69) is 30.3 Å². The molecular formula is C26H19ClF3N7O2. The third-order valence-electron chi connectivity index (χ3n) is 5.54. The fraction of sp³-hybridized carbons (Fsp3) is 0.0769. The van der Waals surface area contributed by atoms with Crippen LogP contribution in [0.5, 0.6) is 5.75 Å². The highest BCUT2D eigenvalue weighted by Crippen LogP contribution is 2.29. The van der Waals surface area contributed by atoms with Gasteiger partial charge in [0.05, 0.1) is 24.2 Å². The largest absolute Gasteiger partial charge is 0.573 e. The van der Waals surface area contributed by atoms with Gasteiger partial charge in [-0.1, -0.05) is 30.3 Å². The summed E-state index contributed by atoms with van der Waals surface area (Å²) < 4.78 is 43.5. The topological polar surface area (TPSA) is 120 Å². The van der Waals surface area contributed by atoms with Crippen molar-refractivity contribution in [2.24, 2.45) is 0 Å². The first-order valence-corrected chi connectivity index (χ1v) is 11.8. The zero-order valence-corrected chi connectivity index (χ0v) is 20.7. The van der Waals surface area contributed by atoms with Gasteiger partial charge in [0.2, 0.25) is 5.28 Å². The number of anilines is 4. The van der Waals surface area contributed by atoms with Crippen LogP contribution < -0.4 is 21.1 Å². The molecule has 0 saturated heterocycles. The van der Waals surface area contributed by atoms with E-state index in [1.54, 1.807) is 65.5 Å². The number of rotatable bonds is 7. The molecule has 0 unspecified atom stereocenters. The van der Waals surface area contributed by atoms with Crippen LogP contribution in [0, 0.1) is 0 Å². The van der Waals surface area contributed by atoms with Crippen molar-refractivity contribution in [2.75, 3.05) is 16.4 Å². The van der Waals surface area contributed by atoms with Gasteiger partial charge in [0, 0.05) is 17.3 Å². The minimum absolute atomic E-state index is 0.0818. The van der Waals surface area contributed by atoms with Crippen LogP contribution in [0.25, 0.3) is 11.2 Å². The normalized spacial score (nSPS) is 11.4. The molecule has 4 N–H and O–H groups in total. The zero-order valence-electron chi connectivity index (χ0n) is 19.9. The Labute approximate surface area is 224 Å². The summed E-state index contributed by atoms with van der Waals surface area (Å²) in [6.45, 7) is 0.353. The van der Waals surface area contributed by atoms with Crippen molar-refractivity contribution in [1.82, 2.24) is 19.5 Å². The van der Waals surface area contributed by atoms with Crippen LogP contribution in [0.2, 0.25) is 5.28 Å². The van der Waals surface area contributed by atoms with Crippen LogP contribution in [-0.2, 0) is 6.54 Å². The molecule has 5 rings (SSSR count). The number of fused-ring (bicyclic) bond motifs is 1. The fourth-order valence-corrected chi connectivity index (χ4v) is 3.96. The molecule has 198 valence electrons. The number of alkyl halides is 3. The molecule has 39 heavy (non-hydrogen) atoms. The van der Waals surface area contributed by atoms with Crippen LogP contribution >= 0.6 is 11.6 Å². The number of nitrogens with one attached hydrogen (secondary N) is 2. The van der Waals surface area contributed by atoms with E-state index in [-0.39, 0.29) is 22.7 Å². The van der Waals surface area contributed by atoms with Crippen molar-refractivity contribution in [1.29, 1.82) is 0 Å². The minimum Gasteiger partial charge on any atom is -0.406 e. The molecule has 0 aliphatic rings. The summed E-state index contributed by atoms with van der Waals surface area (Å²) >= 11 is 6.14. The average Bonchev–Trinajstić information content (AvgIpc) is 3.27. The summed E-state index contributed by atoms with van der Waals surface area (Å²) in [7, 11) is 0. The van der Waals surface area contributed by atoms with Gasteiger partial charge < -0.3 is 25.7 Å². The van der Waals surface area contributed by atoms with Crippen LogP contribution in [0.15, 0.2) is 79.1 Å². The maximum atomic E-state index is 12.6. The van der Waals surface area contributed by atoms with Gasteiger partial charge in [-0.25, -0.2) is 4.98 Å². The predicted octanol–water partition coefficient (Wildman–Crippen LogP) is 6.00. The van der Waals surface area contributed by atoms with Crippen molar-refractivity contribution >= 4 is 51.6 Å². The Balaban J connectivity index is 1.34. The molecule has 0 bridgehead atoms. The van der Waals surface area contributed by atoms with Crippen LogP contribution in [0.3, 0.4) is 0 Å². The molecule has 2 aromatic heterocycles. The van der Waals surface area contributed by atoms with E-state index in [0.717, 1.165) is 5.56 Å². The Morgan fingerprint density at radius 2 is 1.79 bits per heavy atom. The van der Waals surface area contributed by atoms with E-state index < -0.39 is 12.1 Å². The van der Waals surface area contributed by atoms with Crippen molar-refractivity contribution in [3.05, 3.63) is 95.5 Å². The molecule has 0 aliphatic heterocycles. The first-order valence-electron chi connectivity index (χ1n) is 11.4. The van der Waals surface area contributed by atoms with Crippen molar-refractivity contribution in [2.45, 2.75) is 12.9 Å². The molecule has 9 nitrogen and oxygen atoms in total. The molecule has 5 aromatic rings. The Bertz CT molecular complexity index is 1660. The number of carbonyl (C=O) groups is 1. The second-order valence-electron chi connectivity index (χ2n) is 8.32. The molecule has 3 aromatic carbocycles. The van der Waals surface area contributed by atoms with Gasteiger partial charge >= 0.3 is 6.36 Å². The van der Waals surface area contributed by atoms with Crippen molar-refractivity contribution in [3.63, 3.8) is 0 Å². The summed E-state index contributed by atoms with van der Waals surface area (Å²) in [5.74, 6) is -0.480. The molecular weight excluding hydrogens is 535 g/mol. The maximum Gasteiger partial charge on any atom is 0.573 e. The number of imidazole rings is 1. The molecule has 2 heterocycles. The number of amides is 1. The number of hydrogen-bond donors (Lipinski definition) is 3. The number of ether oxygens (including phenoxy) is 1. The van der Waals surface area contributed by atoms with Gasteiger partial charge in [0.1, 0.15) is 5.75 Å². The SMILES string of the molecule is Nc1ccccc1NC(=O)c1ccc(Cn2cnc3c(Nc4cccc(OC(F)(F)F)c4)nc(Cl)nc32)cc1. The maximum absolute atomic E-state index is 12.6. The van der Waals surface area contributed by atoms with Crippen LogP contribution in [-0.4, -0.2) is 31.8 Å². The molecule has 0 spiro atoms. The molecule has 0 aliphatic carbocycles. The zero-order chi connectivity index (χ0) is 27.6. The molecule has 1 amide bonds. The summed E-state index contributed by atoms with van der Waals surface area (Å²) in [6.07, 6.45) is -3.27. The number of carbonyl (C=O) groups excluding carboxylic acids is 1. The molecule has 0 fully saturated rings. The van der Waals surface area contributed by atoms with E-state index in [1.165, 1.54) is 18.2 Å². The lowest BCUT2D eigenvalue weighted by atomic mass is 10.1. The highest BCUT2D eigenvalue weighted by Gasteiger charge is 2.31. The Morgan fingerprint density at radius 3 is 2.54 bits per heavy atom. The first-order chi connectivity index (χ1) is 18.6. The average molecular weight is 554 g/mol. The Hall–Kier alpha value is -4.84. The number of nitrogens with two attached hydrogens (primary N) is 1. The van der Waals surface area contributed by atoms with E-state index in [4.69, 9.17) is 17.3 Å². The smallest absolute Gasteiger partial charge is 0.406 e. The van der Waals surface area contributed by atoms with Crippen molar-refractivity contribution < 1.29 is 22.7 Å². The van der Waals surface area contributed by atoms with Crippen molar-refractivity contribution in [3.8, 4) is 5.75 Å². The molecule has 13 heteroatoms. The number of aromatic nitrogens is 4. The van der Waals surface area contributed by atoms with Gasteiger partial charge in [-0.3, -0.25) is 4.79 Å². The quantitative estimate of drug-likeness (QED) is 0.167. The first kappa shape index (κ1) is 25.8. The van der Waals surface area contributed by atoms with E-state index in [9.17, 15) is 18.0 Å². The number of para-hydroxylation sites is 2. The van der Waals surface area contributed by atoms with Crippen LogP contribution in [0.4, 0.5) is 36.1 Å². The highest BCUT2D eigenvalue weighted by molar-refractivity contribution is 6.28. The van der Waals surface area contributed by atoms with E-state index >= 15 is 0 Å². The summed E-state index contributed by atoms with van der Waals surface area (Å²) in [4.78, 5) is 25.4. The summed E-state index contributed by atoms with van der Waals surface area (Å²) in [5, 5.41) is 5.62. The van der Waals surface area contributed by atoms with E-state index in [0.29, 0.717) is 34.6 Å². The van der Waals surface area contributed by atoms with Gasteiger partial charge in [0.25, 0.3) is 5.91 Å². The lowest BCUT2D eigenvalue weighted by Crippen LogP contribution is -2.17. The molecule has 0 atom stereocenters. The highest BCUT2D eigenvalue weighted by atomic mass is 35.5. The second kappa shape index (κ2) is 10.5. The van der Waals surface area contributed by atoms with E-state index in [1.807, 2.05) is 0 Å². The van der Waals surface area contributed by atoms with Gasteiger partial charge in [-0.05, 0) is 53.6 Å². The Morgan fingerprint density at radius 1 is 1.03 bits per heavy atom. The predicted molar refractivity (Wildman–Crippen MR) is 141 cm³/mol. The Kier molecular flexibility index (Phi) is 6.94. The number of benzene rings is 3. The fourth-order valence-electron chi connectivity index (χ4n) is 3.79. The lowest BCUT2D eigenvalue weighted by Gasteiger charge is -2.11. The van der Waals surface area contributed by atoms with Gasteiger partial charge in [0.15, 0.2) is 17.0 Å². The number of nitrogens with zero attached hydrogens (tertiary/aromatic N) is 4. The lowest BCUT2D eigenvalue weighted by molar-refractivity contribution is -0.274. The van der Waals surface area contributed by atoms with Crippen LogP contribution in [0.1, 0.15) is 15.9 Å². The molecule has 0 saturated carbocycles. The summed E-state index contributed by atoms with van der Waals surface area (Å²) in [5.41, 5.74) is 9.23. The number of halogens is 4. The third kappa shape index (κ3) is 6.18. The minimum atomic E-state index is -4.82. The molecule has 0 radical (unpaired) electrons. The third-order valence-corrected chi connectivity index (χ3v) is 5.71. The number of nitrogen functional groups attached to an aromatic ring is 1. The van der Waals surface area contributed by atoms with Gasteiger partial charge in [-0.15, -0.1) is 13.2 Å².